The molecule has 3 rings (SSSR count). The first kappa shape index (κ1) is 15.5. The fraction of sp³-hybridized carbons (Fsp3) is 0. The lowest BCUT2D eigenvalue weighted by atomic mass is 10.2. The van der Waals surface area contributed by atoms with Crippen LogP contribution in [0.2, 0.25) is 0 Å². The number of hydrogen-bond acceptors (Lipinski definition) is 5. The number of para-hydroxylation sites is 1. The van der Waals surface area contributed by atoms with Gasteiger partial charge in [-0.25, -0.2) is 15.8 Å². The van der Waals surface area contributed by atoms with Crippen molar-refractivity contribution >= 4 is 11.6 Å². The summed E-state index contributed by atoms with van der Waals surface area (Å²) in [5.74, 6) is 6.34. The number of amides is 1. The van der Waals surface area contributed by atoms with Gasteiger partial charge in [-0.2, -0.15) is 0 Å². The van der Waals surface area contributed by atoms with Gasteiger partial charge in [0, 0.05) is 6.20 Å². The van der Waals surface area contributed by atoms with Crippen LogP contribution in [0.1, 0.15) is 10.5 Å². The molecule has 0 aliphatic rings. The van der Waals surface area contributed by atoms with Crippen LogP contribution in [0.3, 0.4) is 0 Å². The third kappa shape index (κ3) is 3.34. The SMILES string of the molecule is NN(C(=O)c1ncccc1O)c1ccc(Oc2ccccc2)cc1. The average molecular weight is 321 g/mol. The van der Waals surface area contributed by atoms with E-state index in [1.54, 1.807) is 24.3 Å². The van der Waals surface area contributed by atoms with E-state index in [1.807, 2.05) is 30.3 Å². The molecule has 2 aromatic carbocycles. The van der Waals surface area contributed by atoms with Gasteiger partial charge in [-0.05, 0) is 48.5 Å². The number of nitrogens with zero attached hydrogens (tertiary/aromatic N) is 2. The van der Waals surface area contributed by atoms with Crippen molar-refractivity contribution in [1.82, 2.24) is 4.98 Å². The van der Waals surface area contributed by atoms with Gasteiger partial charge in [0.15, 0.2) is 5.69 Å². The Morgan fingerprint density at radius 3 is 2.29 bits per heavy atom. The predicted molar refractivity (Wildman–Crippen MR) is 89.9 cm³/mol. The zero-order valence-corrected chi connectivity index (χ0v) is 12.7. The lowest BCUT2D eigenvalue weighted by molar-refractivity contribution is 0.0979. The van der Waals surface area contributed by atoms with Gasteiger partial charge in [0.2, 0.25) is 0 Å². The van der Waals surface area contributed by atoms with Gasteiger partial charge in [0.1, 0.15) is 17.2 Å². The van der Waals surface area contributed by atoms with E-state index in [9.17, 15) is 9.90 Å². The molecule has 120 valence electrons. The Hall–Kier alpha value is -3.38. The van der Waals surface area contributed by atoms with E-state index in [0.717, 1.165) is 5.01 Å². The third-order valence-electron chi connectivity index (χ3n) is 3.30. The first-order chi connectivity index (χ1) is 11.6. The Balaban J connectivity index is 1.75. The molecule has 6 nitrogen and oxygen atoms in total. The largest absolute Gasteiger partial charge is 0.505 e. The van der Waals surface area contributed by atoms with Crippen molar-refractivity contribution in [3.63, 3.8) is 0 Å². The second kappa shape index (κ2) is 6.80. The van der Waals surface area contributed by atoms with E-state index in [0.29, 0.717) is 17.2 Å². The number of carbonyl (C=O) groups is 1. The van der Waals surface area contributed by atoms with E-state index in [2.05, 4.69) is 4.98 Å². The highest BCUT2D eigenvalue weighted by Crippen LogP contribution is 2.24. The molecule has 0 saturated heterocycles. The molecule has 1 aromatic heterocycles. The summed E-state index contributed by atoms with van der Waals surface area (Å²) in [7, 11) is 0. The summed E-state index contributed by atoms with van der Waals surface area (Å²) in [5.41, 5.74) is 0.343. The minimum atomic E-state index is -0.607. The van der Waals surface area contributed by atoms with E-state index in [4.69, 9.17) is 10.6 Å². The summed E-state index contributed by atoms with van der Waals surface area (Å²) in [6, 6.07) is 19.0. The van der Waals surface area contributed by atoms with Crippen LogP contribution in [-0.4, -0.2) is 16.0 Å². The van der Waals surface area contributed by atoms with Crippen molar-refractivity contribution in [3.8, 4) is 17.2 Å². The molecule has 6 heteroatoms. The average Bonchev–Trinajstić information content (AvgIpc) is 2.62. The molecular weight excluding hydrogens is 306 g/mol. The van der Waals surface area contributed by atoms with Gasteiger partial charge in [-0.15, -0.1) is 0 Å². The second-order valence-electron chi connectivity index (χ2n) is 4.96. The monoisotopic (exact) mass is 321 g/mol. The molecule has 0 aliphatic heterocycles. The van der Waals surface area contributed by atoms with Crippen LogP contribution >= 0.6 is 0 Å². The topological polar surface area (TPSA) is 88.7 Å². The van der Waals surface area contributed by atoms with Crippen molar-refractivity contribution in [2.75, 3.05) is 5.01 Å². The third-order valence-corrected chi connectivity index (χ3v) is 3.30. The molecule has 0 unspecified atom stereocenters. The molecule has 3 aromatic rings. The Kier molecular flexibility index (Phi) is 4.40. The van der Waals surface area contributed by atoms with Gasteiger partial charge in [0.05, 0.1) is 5.69 Å². The molecule has 0 spiro atoms. The number of nitrogens with two attached hydrogens (primary N) is 1. The predicted octanol–water partition coefficient (Wildman–Crippen LogP) is 3.10. The first-order valence-corrected chi connectivity index (χ1v) is 7.21. The maximum Gasteiger partial charge on any atom is 0.294 e. The van der Waals surface area contributed by atoms with Crippen LogP contribution in [0.4, 0.5) is 5.69 Å². The Morgan fingerprint density at radius 1 is 0.958 bits per heavy atom. The number of pyridine rings is 1. The van der Waals surface area contributed by atoms with Crippen molar-refractivity contribution in [2.45, 2.75) is 0 Å². The lowest BCUT2D eigenvalue weighted by Gasteiger charge is -2.17. The van der Waals surface area contributed by atoms with E-state index >= 15 is 0 Å². The maximum atomic E-state index is 12.3. The van der Waals surface area contributed by atoms with E-state index in [1.165, 1.54) is 18.3 Å². The summed E-state index contributed by atoms with van der Waals surface area (Å²) in [4.78, 5) is 16.1. The normalized spacial score (nSPS) is 10.2. The number of carbonyl (C=O) groups excluding carboxylic acids is 1. The van der Waals surface area contributed by atoms with Crippen molar-refractivity contribution in [3.05, 3.63) is 78.6 Å². The number of rotatable bonds is 4. The summed E-state index contributed by atoms with van der Waals surface area (Å²) >= 11 is 0. The second-order valence-corrected chi connectivity index (χ2v) is 4.96. The highest BCUT2D eigenvalue weighted by atomic mass is 16.5. The van der Waals surface area contributed by atoms with Gasteiger partial charge in [-0.3, -0.25) is 4.79 Å². The van der Waals surface area contributed by atoms with Crippen LogP contribution in [0.5, 0.6) is 17.2 Å². The number of anilines is 1. The van der Waals surface area contributed by atoms with Crippen LogP contribution < -0.4 is 15.6 Å². The highest BCUT2D eigenvalue weighted by molar-refractivity contribution is 6.05. The summed E-state index contributed by atoms with van der Waals surface area (Å²) in [6.45, 7) is 0. The Labute approximate surface area is 138 Å². The van der Waals surface area contributed by atoms with Gasteiger partial charge >= 0.3 is 0 Å². The number of aromatic hydroxyl groups is 1. The molecule has 0 bridgehead atoms. The molecule has 0 atom stereocenters. The molecule has 0 radical (unpaired) electrons. The molecule has 1 amide bonds. The molecular formula is C18H15N3O3. The lowest BCUT2D eigenvalue weighted by Crippen LogP contribution is -2.37. The van der Waals surface area contributed by atoms with Crippen LogP contribution in [0.15, 0.2) is 72.9 Å². The van der Waals surface area contributed by atoms with E-state index in [-0.39, 0.29) is 11.4 Å². The smallest absolute Gasteiger partial charge is 0.294 e. The molecule has 3 N–H and O–H groups in total. The van der Waals surface area contributed by atoms with Crippen LogP contribution in [0.25, 0.3) is 0 Å². The first-order valence-electron chi connectivity index (χ1n) is 7.21. The van der Waals surface area contributed by atoms with Crippen LogP contribution in [-0.2, 0) is 0 Å². The number of hydrazine groups is 1. The number of ether oxygens (including phenoxy) is 1. The summed E-state index contributed by atoms with van der Waals surface area (Å²) in [6.07, 6.45) is 1.41. The Morgan fingerprint density at radius 2 is 1.62 bits per heavy atom. The van der Waals surface area contributed by atoms with Gasteiger partial charge in [0.25, 0.3) is 5.91 Å². The molecule has 0 fully saturated rings. The standard InChI is InChI=1S/C18H15N3O3/c19-21(18(23)17-16(22)7-4-12-20-17)13-8-10-15(11-9-13)24-14-5-2-1-3-6-14/h1-12,22H,19H2. The fourth-order valence-corrected chi connectivity index (χ4v) is 2.09. The maximum absolute atomic E-state index is 12.3. The minimum Gasteiger partial charge on any atom is -0.505 e. The fourth-order valence-electron chi connectivity index (χ4n) is 2.09. The van der Waals surface area contributed by atoms with Crippen molar-refractivity contribution in [2.24, 2.45) is 5.84 Å². The zero-order valence-electron chi connectivity index (χ0n) is 12.7. The summed E-state index contributed by atoms with van der Waals surface area (Å²) < 4.78 is 5.68. The van der Waals surface area contributed by atoms with E-state index < -0.39 is 5.91 Å². The van der Waals surface area contributed by atoms with Crippen molar-refractivity contribution in [1.29, 1.82) is 0 Å². The zero-order chi connectivity index (χ0) is 16.9. The molecule has 0 aliphatic carbocycles. The van der Waals surface area contributed by atoms with Crippen LogP contribution in [0, 0.1) is 0 Å². The number of aromatic nitrogens is 1. The summed E-state index contributed by atoms with van der Waals surface area (Å²) in [5, 5.41) is 10.6. The quantitative estimate of drug-likeness (QED) is 0.438. The number of benzene rings is 2. The van der Waals surface area contributed by atoms with Crippen molar-refractivity contribution < 1.29 is 14.6 Å². The molecule has 1 heterocycles. The van der Waals surface area contributed by atoms with Gasteiger partial charge in [-0.1, -0.05) is 18.2 Å². The minimum absolute atomic E-state index is 0.107. The number of hydrogen-bond donors (Lipinski definition) is 2. The van der Waals surface area contributed by atoms with Gasteiger partial charge < -0.3 is 9.84 Å². The highest BCUT2D eigenvalue weighted by Gasteiger charge is 2.19. The Bertz CT molecular complexity index is 836. The molecule has 24 heavy (non-hydrogen) atoms. The molecule has 0 saturated carbocycles.